The molecule has 145 heavy (non-hydrogen) atoms. The third-order valence-electron chi connectivity index (χ3n) is 28.0. The number of hydrogen-bond acceptors (Lipinski definition) is 22. The second-order valence-corrected chi connectivity index (χ2v) is 45.4. The van der Waals surface area contributed by atoms with Crippen molar-refractivity contribution in [1.29, 1.82) is 0 Å². The molecular formula is C117H114Cl6N6O10S6. The van der Waals surface area contributed by atoms with Crippen LogP contribution in [0, 0.1) is 27.7 Å². The van der Waals surface area contributed by atoms with Gasteiger partial charge < -0.3 is 74.0 Å². The lowest BCUT2D eigenvalue weighted by molar-refractivity contribution is 0.268. The molecule has 28 heteroatoms. The Balaban J connectivity index is 0.000000110. The van der Waals surface area contributed by atoms with Gasteiger partial charge in [0.1, 0.15) is 11.5 Å². The zero-order chi connectivity index (χ0) is 101. The number of nitrogens with zero attached hydrogens (tertiary/aromatic N) is 1. The van der Waals surface area contributed by atoms with Gasteiger partial charge in [-0.05, 0) is 254 Å². The minimum atomic E-state index is 0.0214. The highest BCUT2D eigenvalue weighted by atomic mass is 35.5. The van der Waals surface area contributed by atoms with E-state index >= 15 is 0 Å². The molecule has 0 aliphatic carbocycles. The fourth-order valence-corrected chi connectivity index (χ4v) is 31.0. The average molecular weight is 2170 g/mol. The van der Waals surface area contributed by atoms with Crippen LogP contribution in [0.2, 0.25) is 30.1 Å². The maximum absolute atomic E-state index is 6.81. The quantitative estimate of drug-likeness (QED) is 0.0622. The molecule has 6 aromatic heterocycles. The molecule has 0 amide bonds. The van der Waals surface area contributed by atoms with Crippen molar-refractivity contribution >= 4 is 198 Å². The molecular weight excluding hydrogens is 2050 g/mol. The second kappa shape index (κ2) is 45.5. The third-order valence-corrected chi connectivity index (χ3v) is 38.4. The van der Waals surface area contributed by atoms with Crippen LogP contribution in [0.5, 0.6) is 57.5 Å². The zero-order valence-electron chi connectivity index (χ0n) is 83.3. The highest BCUT2D eigenvalue weighted by molar-refractivity contribution is 7.22. The number of ether oxygens (including phenoxy) is 10. The van der Waals surface area contributed by atoms with Gasteiger partial charge in [0, 0.05) is 124 Å². The molecule has 0 bridgehead atoms. The van der Waals surface area contributed by atoms with Gasteiger partial charge in [-0.15, -0.1) is 68.0 Å². The number of methoxy groups -OCH3 is 10. The topological polar surface area (TPSA) is 156 Å². The number of rotatable bonds is 16. The molecule has 16 nitrogen and oxygen atoms in total. The molecule has 12 aromatic carbocycles. The van der Waals surface area contributed by atoms with Crippen molar-refractivity contribution in [1.82, 2.24) is 31.5 Å². The van der Waals surface area contributed by atoms with Crippen LogP contribution in [-0.2, 0) is 38.5 Å². The monoisotopic (exact) mass is 2160 g/mol. The van der Waals surface area contributed by atoms with E-state index in [9.17, 15) is 0 Å². The van der Waals surface area contributed by atoms with E-state index in [4.69, 9.17) is 117 Å². The van der Waals surface area contributed by atoms with Crippen LogP contribution >= 0.6 is 138 Å². The van der Waals surface area contributed by atoms with Crippen molar-refractivity contribution in [2.45, 2.75) is 102 Å². The first-order valence-electron chi connectivity index (χ1n) is 48.2. The minimum absolute atomic E-state index is 0.0214. The number of aryl methyl sites for hydroxylation is 4. The Kier molecular flexibility index (Phi) is 32.5. The van der Waals surface area contributed by atoms with Crippen molar-refractivity contribution in [2.75, 3.05) is 117 Å². The molecule has 0 radical (unpaired) electrons. The number of nitrogens with one attached hydrogen (secondary N) is 5. The lowest BCUT2D eigenvalue weighted by atomic mass is 9.90. The van der Waals surface area contributed by atoms with Crippen LogP contribution in [0.4, 0.5) is 0 Å². The molecule has 0 saturated carbocycles. The maximum atomic E-state index is 6.81. The van der Waals surface area contributed by atoms with Crippen molar-refractivity contribution in [3.63, 3.8) is 0 Å². The Morgan fingerprint density at radius 1 is 0.255 bits per heavy atom. The number of fused-ring (bicyclic) bond motifs is 12. The number of halogens is 6. The van der Waals surface area contributed by atoms with Gasteiger partial charge in [0.15, 0.2) is 46.0 Å². The lowest BCUT2D eigenvalue weighted by Gasteiger charge is -2.34. The molecule has 5 N–H and O–H groups in total. The Hall–Kier alpha value is -10.1. The molecule has 6 atom stereocenters. The predicted octanol–water partition coefficient (Wildman–Crippen LogP) is 30.4. The van der Waals surface area contributed by atoms with Crippen molar-refractivity contribution < 1.29 is 47.4 Å². The summed E-state index contributed by atoms with van der Waals surface area (Å²) in [5.74, 6) is 7.69. The van der Waals surface area contributed by atoms with Crippen molar-refractivity contribution in [2.24, 2.45) is 0 Å². The predicted molar refractivity (Wildman–Crippen MR) is 610 cm³/mol. The summed E-state index contributed by atoms with van der Waals surface area (Å²) < 4.78 is 62.0. The van der Waals surface area contributed by atoms with E-state index in [0.29, 0.717) is 0 Å². The summed E-state index contributed by atoms with van der Waals surface area (Å²) >= 11 is 51.1. The number of thiophene rings is 6. The molecule has 0 fully saturated rings. The van der Waals surface area contributed by atoms with E-state index < -0.39 is 0 Å². The van der Waals surface area contributed by atoms with Crippen LogP contribution in [0.15, 0.2) is 206 Å². The lowest BCUT2D eigenvalue weighted by Crippen LogP contribution is -2.32. The fraction of sp³-hybridized carbons (Fsp3) is 0.282. The van der Waals surface area contributed by atoms with E-state index in [1.165, 1.54) is 139 Å². The van der Waals surface area contributed by atoms with Gasteiger partial charge in [-0.1, -0.05) is 184 Å². The first-order chi connectivity index (χ1) is 70.5. The number of hydrogen-bond donors (Lipinski definition) is 5. The molecule has 18 aromatic rings. The van der Waals surface area contributed by atoms with E-state index in [-0.39, 0.29) is 36.3 Å². The summed E-state index contributed by atoms with van der Waals surface area (Å²) in [5.41, 5.74) is 20.7. The Bertz CT molecular complexity index is 7860. The number of benzene rings is 12. The second-order valence-electron chi connectivity index (χ2n) is 36.7. The Morgan fingerprint density at radius 3 is 0.986 bits per heavy atom. The van der Waals surface area contributed by atoms with Gasteiger partial charge in [0.2, 0.25) is 0 Å². The van der Waals surface area contributed by atoms with Gasteiger partial charge in [-0.3, -0.25) is 4.90 Å². The SMILES string of the molecule is COc1cc2c(cc1OC)C(c1sc3cc(C)ccc3c1Cl)NCC2.COc1cc2c(cc1OC)C(c1sc3cccc(C)c3c1Cl)NCC2.COc1cc2c(cc1OC)C(c1sc3cccc(OC)c3c1Cl)NCC2.COc1ccc2c(Cl)c(C3NCCc4cc(OC)c(OC)cc43)sc2c1.Cc1ccc2c(c1)CCN(C)C2c1sc2ccccc2c1Cl.Cc1ccc2c(c1)CCNC2c1sc2ccccc2c1Cl. The van der Waals surface area contributed by atoms with Gasteiger partial charge in [0.25, 0.3) is 0 Å². The van der Waals surface area contributed by atoms with Gasteiger partial charge in [-0.2, -0.15) is 0 Å². The highest BCUT2D eigenvalue weighted by Crippen LogP contribution is 2.54. The van der Waals surface area contributed by atoms with E-state index in [1.807, 2.05) is 41.7 Å². The first-order valence-corrected chi connectivity index (χ1v) is 55.4. The summed E-state index contributed by atoms with van der Waals surface area (Å²) in [5, 5.41) is 29.9. The van der Waals surface area contributed by atoms with Crippen LogP contribution < -0.4 is 74.0 Å². The summed E-state index contributed by atoms with van der Waals surface area (Å²) in [4.78, 5) is 9.48. The maximum Gasteiger partial charge on any atom is 0.161 e. The van der Waals surface area contributed by atoms with Crippen molar-refractivity contribution in [3.05, 3.63) is 355 Å². The third kappa shape index (κ3) is 20.8. The first kappa shape index (κ1) is 103. The van der Waals surface area contributed by atoms with Crippen molar-refractivity contribution in [3.8, 4) is 57.5 Å². The highest BCUT2D eigenvalue weighted by Gasteiger charge is 2.37. The van der Waals surface area contributed by atoms with Gasteiger partial charge in [0.05, 0.1) is 143 Å². The van der Waals surface area contributed by atoms with E-state index in [1.54, 1.807) is 128 Å². The standard InChI is InChI=1S/2C20H20ClNO3S.2C20H20ClNO2S.C19H18ClNS.C18H16ClNS/c1-23-12-4-5-13-17(9-12)26-20(18(13)21)19-14-10-16(25-3)15(24-2)8-11(14)6-7-22-19;1-23-13-5-4-6-16-17(13)18(21)20(26-16)19-12-10-15(25-3)14(24-2)9-11(12)7-8-22-19;1-11-4-5-13-17(8-11)25-20(18(13)21)19-14-10-16(24-3)15(23-2)9-12(14)6-7-22-19;1-11-5-4-6-16-17(11)18(21)20(25-16)19-13-10-15(24-3)14(23-2)9-12(13)7-8-22-19;1-12-7-8-14-13(11-12)9-10-21(2)18(14)19-17(20)15-5-3-4-6-16(15)22-19;1-11-6-7-13-12(10-11)8-9-20-17(13)18-16(19)14-4-2-3-5-15(14)21-18/h4-5,8-10,19,22H,6-7H2,1-3H3;4-6,9-10,19,22H,7-8H2,1-3H3;4-5,8-10,19,22H,6-7H2,1-3H3;4-6,9-10,19,22H,7-8H2,1-3H3;3-8,11,18H,9-10H2,1-2H3;2-7,10,17,20H,8-9H2,1H3. The van der Waals surface area contributed by atoms with Crippen LogP contribution in [0.25, 0.3) is 60.5 Å². The molecule has 24 rings (SSSR count). The van der Waals surface area contributed by atoms with E-state index in [2.05, 4.69) is 242 Å². The molecule has 0 spiro atoms. The normalized spacial score (nSPS) is 17.1. The average Bonchev–Trinajstić information content (AvgIpc) is 1.63. The zero-order valence-corrected chi connectivity index (χ0v) is 92.8. The molecule has 12 heterocycles. The minimum Gasteiger partial charge on any atom is -0.497 e. The van der Waals surface area contributed by atoms with Crippen LogP contribution in [0.1, 0.15) is 155 Å². The molecule has 6 unspecified atom stereocenters. The van der Waals surface area contributed by atoms with E-state index in [0.717, 1.165) is 206 Å². The summed E-state index contributed by atoms with van der Waals surface area (Å²) in [6.07, 6.45) is 6.03. The largest absolute Gasteiger partial charge is 0.497 e. The van der Waals surface area contributed by atoms with Gasteiger partial charge >= 0.3 is 0 Å². The summed E-state index contributed by atoms with van der Waals surface area (Å²) in [7, 11) is 18.9. The van der Waals surface area contributed by atoms with Crippen LogP contribution in [-0.4, -0.2) is 122 Å². The molecule has 750 valence electrons. The fourth-order valence-electron chi connectivity index (χ4n) is 20.7. The molecule has 6 aliphatic rings. The molecule has 0 saturated heterocycles. The number of likely N-dealkylation sites (N-methyl/N-ethyl adjacent to an activating group) is 1. The van der Waals surface area contributed by atoms with Gasteiger partial charge in [-0.25, -0.2) is 0 Å². The Morgan fingerprint density at radius 2 is 0.566 bits per heavy atom. The smallest absolute Gasteiger partial charge is 0.161 e. The van der Waals surface area contributed by atoms with Crippen LogP contribution in [0.3, 0.4) is 0 Å². The summed E-state index contributed by atoms with van der Waals surface area (Å²) in [6, 6.07) is 72.5. The Labute approximate surface area is 900 Å². The molecule has 6 aliphatic heterocycles. The summed E-state index contributed by atoms with van der Waals surface area (Å²) in [6.45, 7) is 14.2.